The fourth-order valence-electron chi connectivity index (χ4n) is 4.97. The second kappa shape index (κ2) is 12.3. The lowest BCUT2D eigenvalue weighted by Crippen LogP contribution is -2.41. The number of ether oxygens (including phenoxy) is 1. The highest BCUT2D eigenvalue weighted by molar-refractivity contribution is 6.35. The SMILES string of the molecule is COc1ccc2ncc(Cl)c(C(=O)CC[C@@H]3CCN(CC#Cc4cc(F)ccc4F)C[C@@H]3CC(=O)O)c2c1. The van der Waals surface area contributed by atoms with Crippen LogP contribution in [-0.4, -0.2) is 53.5 Å². The first kappa shape index (κ1) is 27.5. The summed E-state index contributed by atoms with van der Waals surface area (Å²) in [6, 6.07) is 8.39. The van der Waals surface area contributed by atoms with Crippen LogP contribution in [0.1, 0.15) is 41.6 Å². The summed E-state index contributed by atoms with van der Waals surface area (Å²) in [5.41, 5.74) is 1.01. The minimum absolute atomic E-state index is 0.0135. The van der Waals surface area contributed by atoms with E-state index in [0.29, 0.717) is 54.7 Å². The van der Waals surface area contributed by atoms with E-state index in [4.69, 9.17) is 16.3 Å². The number of rotatable bonds is 8. The number of likely N-dealkylation sites (tertiary alicyclic amines) is 1. The van der Waals surface area contributed by atoms with Crippen molar-refractivity contribution in [1.29, 1.82) is 0 Å². The zero-order valence-electron chi connectivity index (χ0n) is 20.8. The topological polar surface area (TPSA) is 79.7 Å². The lowest BCUT2D eigenvalue weighted by atomic mass is 9.79. The zero-order valence-corrected chi connectivity index (χ0v) is 21.6. The number of benzene rings is 2. The highest BCUT2D eigenvalue weighted by Crippen LogP contribution is 2.33. The number of nitrogens with zero attached hydrogens (tertiary/aromatic N) is 2. The number of fused-ring (bicyclic) bond motifs is 1. The van der Waals surface area contributed by atoms with Crippen molar-refractivity contribution in [2.24, 2.45) is 11.8 Å². The summed E-state index contributed by atoms with van der Waals surface area (Å²) in [5, 5.41) is 10.4. The lowest BCUT2D eigenvalue weighted by molar-refractivity contribution is -0.139. The van der Waals surface area contributed by atoms with Crippen LogP contribution in [0.25, 0.3) is 10.9 Å². The van der Waals surface area contributed by atoms with Gasteiger partial charge in [-0.05, 0) is 67.6 Å². The predicted molar refractivity (Wildman–Crippen MR) is 140 cm³/mol. The Balaban J connectivity index is 1.43. The Morgan fingerprint density at radius 2 is 2.03 bits per heavy atom. The maximum atomic E-state index is 13.8. The second-order valence-electron chi connectivity index (χ2n) is 9.39. The fraction of sp³-hybridized carbons (Fsp3) is 0.345. The van der Waals surface area contributed by atoms with Gasteiger partial charge in [0.25, 0.3) is 0 Å². The summed E-state index contributed by atoms with van der Waals surface area (Å²) >= 11 is 6.38. The van der Waals surface area contributed by atoms with Crippen LogP contribution in [0.15, 0.2) is 42.6 Å². The van der Waals surface area contributed by atoms with Crippen LogP contribution in [0.4, 0.5) is 8.78 Å². The highest BCUT2D eigenvalue weighted by Gasteiger charge is 2.31. The van der Waals surface area contributed by atoms with Crippen LogP contribution >= 0.6 is 11.6 Å². The monoisotopic (exact) mass is 540 g/mol. The fourth-order valence-corrected chi connectivity index (χ4v) is 5.23. The Hall–Kier alpha value is -3.54. The molecule has 0 unspecified atom stereocenters. The molecule has 2 aromatic carbocycles. The first-order valence-corrected chi connectivity index (χ1v) is 12.7. The number of hydrogen-bond acceptors (Lipinski definition) is 5. The number of aliphatic carboxylic acids is 1. The number of hydrogen-bond donors (Lipinski definition) is 1. The van der Waals surface area contributed by atoms with Crippen molar-refractivity contribution in [3.8, 4) is 17.6 Å². The van der Waals surface area contributed by atoms with E-state index >= 15 is 0 Å². The predicted octanol–water partition coefficient (Wildman–Crippen LogP) is 5.60. The number of ketones is 1. The van der Waals surface area contributed by atoms with E-state index in [1.807, 2.05) is 4.90 Å². The van der Waals surface area contributed by atoms with Gasteiger partial charge in [-0.3, -0.25) is 19.5 Å². The molecular weight excluding hydrogens is 514 g/mol. The third-order valence-electron chi connectivity index (χ3n) is 6.92. The molecule has 198 valence electrons. The van der Waals surface area contributed by atoms with Crippen molar-refractivity contribution in [2.75, 3.05) is 26.7 Å². The summed E-state index contributed by atoms with van der Waals surface area (Å²) < 4.78 is 32.5. The van der Waals surface area contributed by atoms with Gasteiger partial charge < -0.3 is 9.84 Å². The first-order chi connectivity index (χ1) is 18.2. The quantitative estimate of drug-likeness (QED) is 0.296. The Kier molecular flexibility index (Phi) is 8.93. The Labute approximate surface area is 224 Å². The van der Waals surface area contributed by atoms with Crippen molar-refractivity contribution in [1.82, 2.24) is 9.88 Å². The number of methoxy groups -OCH3 is 1. The maximum Gasteiger partial charge on any atom is 0.303 e. The van der Waals surface area contributed by atoms with E-state index < -0.39 is 17.6 Å². The van der Waals surface area contributed by atoms with Crippen molar-refractivity contribution >= 4 is 34.3 Å². The van der Waals surface area contributed by atoms with Crippen molar-refractivity contribution in [3.63, 3.8) is 0 Å². The number of carbonyl (C=O) groups excluding carboxylic acids is 1. The summed E-state index contributed by atoms with van der Waals surface area (Å²) in [6.45, 7) is 1.45. The summed E-state index contributed by atoms with van der Waals surface area (Å²) in [6.07, 6.45) is 2.87. The number of pyridine rings is 1. The average molecular weight is 541 g/mol. The standard InChI is InChI=1S/C29H27ClF2N2O4/c1-38-22-6-8-26-23(15-22)29(24(30)16-33-26)27(35)9-4-18-10-12-34(17-20(18)14-28(36)37)11-2-3-19-13-21(31)5-7-25(19)32/h5-8,13,15-16,18,20H,4,9-12,14,17H2,1H3,(H,36,37)/t18-,20+/m1/s1. The molecule has 1 saturated heterocycles. The smallest absolute Gasteiger partial charge is 0.303 e. The number of carboxylic acid groups (broad SMARTS) is 1. The summed E-state index contributed by atoms with van der Waals surface area (Å²) in [4.78, 5) is 31.2. The number of aromatic nitrogens is 1. The van der Waals surface area contributed by atoms with E-state index in [1.54, 1.807) is 25.3 Å². The molecule has 3 aromatic rings. The van der Waals surface area contributed by atoms with Gasteiger partial charge in [-0.15, -0.1) is 0 Å². The van der Waals surface area contributed by atoms with Crippen LogP contribution in [-0.2, 0) is 4.79 Å². The highest BCUT2D eigenvalue weighted by atomic mass is 35.5. The molecule has 0 radical (unpaired) electrons. The van der Waals surface area contributed by atoms with Gasteiger partial charge in [0.1, 0.15) is 17.4 Å². The molecule has 0 bridgehead atoms. The number of Topliss-reactive ketones (excluding diaryl/α,β-unsaturated/α-hetero) is 1. The van der Waals surface area contributed by atoms with Gasteiger partial charge in [0.05, 0.1) is 29.8 Å². The van der Waals surface area contributed by atoms with Crippen LogP contribution in [0, 0.1) is 35.3 Å². The van der Waals surface area contributed by atoms with Crippen molar-refractivity contribution in [2.45, 2.75) is 25.7 Å². The van der Waals surface area contributed by atoms with Crippen LogP contribution in [0.3, 0.4) is 0 Å². The molecule has 38 heavy (non-hydrogen) atoms. The summed E-state index contributed by atoms with van der Waals surface area (Å²) in [5.74, 6) is 3.79. The molecule has 1 fully saturated rings. The van der Waals surface area contributed by atoms with E-state index in [1.165, 1.54) is 6.20 Å². The van der Waals surface area contributed by atoms with E-state index in [9.17, 15) is 23.5 Å². The Morgan fingerprint density at radius 3 is 2.79 bits per heavy atom. The minimum atomic E-state index is -0.906. The minimum Gasteiger partial charge on any atom is -0.497 e. The Morgan fingerprint density at radius 1 is 1.21 bits per heavy atom. The molecule has 1 aliphatic rings. The number of carbonyl (C=O) groups is 2. The molecule has 0 saturated carbocycles. The molecular formula is C29H27ClF2N2O4. The van der Waals surface area contributed by atoms with Crippen LogP contribution in [0.5, 0.6) is 5.75 Å². The van der Waals surface area contributed by atoms with E-state index in [0.717, 1.165) is 18.2 Å². The molecule has 1 aromatic heterocycles. The van der Waals surface area contributed by atoms with Crippen LogP contribution < -0.4 is 4.74 Å². The normalized spacial score (nSPS) is 17.6. The third kappa shape index (κ3) is 6.66. The molecule has 2 heterocycles. The van der Waals surface area contributed by atoms with E-state index in [-0.39, 0.29) is 41.0 Å². The molecule has 9 heteroatoms. The molecule has 2 atom stereocenters. The molecule has 6 nitrogen and oxygen atoms in total. The molecule has 0 amide bonds. The Bertz CT molecular complexity index is 1420. The van der Waals surface area contributed by atoms with Gasteiger partial charge in [0, 0.05) is 36.5 Å². The lowest BCUT2D eigenvalue weighted by Gasteiger charge is -2.37. The van der Waals surface area contributed by atoms with Gasteiger partial charge in [-0.25, -0.2) is 8.78 Å². The van der Waals surface area contributed by atoms with E-state index in [2.05, 4.69) is 16.8 Å². The molecule has 1 N–H and O–H groups in total. The van der Waals surface area contributed by atoms with Gasteiger partial charge in [-0.1, -0.05) is 23.4 Å². The number of piperidine rings is 1. The maximum absolute atomic E-state index is 13.8. The largest absolute Gasteiger partial charge is 0.497 e. The van der Waals surface area contributed by atoms with Crippen molar-refractivity contribution < 1.29 is 28.2 Å². The molecule has 0 spiro atoms. The first-order valence-electron chi connectivity index (χ1n) is 12.3. The van der Waals surface area contributed by atoms with Gasteiger partial charge in [-0.2, -0.15) is 0 Å². The molecule has 0 aliphatic carbocycles. The van der Waals surface area contributed by atoms with Gasteiger partial charge in [0.2, 0.25) is 0 Å². The van der Waals surface area contributed by atoms with Gasteiger partial charge in [0.15, 0.2) is 5.78 Å². The van der Waals surface area contributed by atoms with Crippen molar-refractivity contribution in [3.05, 3.63) is 70.4 Å². The zero-order chi connectivity index (χ0) is 27.2. The molecule has 1 aliphatic heterocycles. The summed E-state index contributed by atoms with van der Waals surface area (Å²) in [7, 11) is 1.54. The number of halogens is 3. The second-order valence-corrected chi connectivity index (χ2v) is 9.80. The van der Waals surface area contributed by atoms with Crippen LogP contribution in [0.2, 0.25) is 5.02 Å². The van der Waals surface area contributed by atoms with Gasteiger partial charge >= 0.3 is 5.97 Å². The third-order valence-corrected chi connectivity index (χ3v) is 7.20. The molecule has 4 rings (SSSR count). The number of carboxylic acids is 1. The average Bonchev–Trinajstić information content (AvgIpc) is 2.89.